The molecule has 0 unspecified atom stereocenters. The zero-order valence-electron chi connectivity index (χ0n) is 11.5. The predicted molar refractivity (Wildman–Crippen MR) is 83.1 cm³/mol. The molecule has 1 aromatic heterocycles. The van der Waals surface area contributed by atoms with Gasteiger partial charge in [-0.2, -0.15) is 0 Å². The van der Waals surface area contributed by atoms with E-state index in [4.69, 9.17) is 15.9 Å². The number of nitrogen functional groups attached to an aromatic ring is 1. The number of anilines is 1. The van der Waals surface area contributed by atoms with Gasteiger partial charge in [0.05, 0.1) is 11.1 Å². The first kappa shape index (κ1) is 15.1. The number of nitrogens with one attached hydrogen (secondary N) is 1. The van der Waals surface area contributed by atoms with Gasteiger partial charge in [0, 0.05) is 10.9 Å². The summed E-state index contributed by atoms with van der Waals surface area (Å²) < 4.78 is 0. The molecular weight excluding hydrogens is 284 g/mol. The van der Waals surface area contributed by atoms with Crippen molar-refractivity contribution in [3.63, 3.8) is 0 Å². The monoisotopic (exact) mass is 298 g/mol. The summed E-state index contributed by atoms with van der Waals surface area (Å²) in [5, 5.41) is 18.1. The highest BCUT2D eigenvalue weighted by Crippen LogP contribution is 2.14. The van der Waals surface area contributed by atoms with E-state index in [1.165, 1.54) is 29.7 Å². The quantitative estimate of drug-likeness (QED) is 0.580. The summed E-state index contributed by atoms with van der Waals surface area (Å²) in [6.45, 7) is 0. The highest BCUT2D eigenvalue weighted by molar-refractivity contribution is 5.91. The zero-order chi connectivity index (χ0) is 16.1. The maximum absolute atomic E-state index is 10.3. The number of aromatic carboxylic acids is 2. The van der Waals surface area contributed by atoms with Gasteiger partial charge in [0.2, 0.25) is 0 Å². The Balaban J connectivity index is 0.000000162. The summed E-state index contributed by atoms with van der Waals surface area (Å²) in [7, 11) is 0. The molecule has 0 spiro atoms. The molecule has 0 bridgehead atoms. The van der Waals surface area contributed by atoms with E-state index in [0.717, 1.165) is 11.3 Å². The van der Waals surface area contributed by atoms with E-state index < -0.39 is 11.9 Å². The number of para-hydroxylation sites is 1. The maximum Gasteiger partial charge on any atom is 0.335 e. The van der Waals surface area contributed by atoms with Crippen LogP contribution in [0.3, 0.4) is 0 Å². The van der Waals surface area contributed by atoms with Gasteiger partial charge in [0.15, 0.2) is 0 Å². The van der Waals surface area contributed by atoms with Crippen LogP contribution in [0.2, 0.25) is 0 Å². The number of carboxylic acids is 2. The Morgan fingerprint density at radius 2 is 1.36 bits per heavy atom. The van der Waals surface area contributed by atoms with E-state index in [9.17, 15) is 9.59 Å². The third-order valence-corrected chi connectivity index (χ3v) is 2.93. The van der Waals surface area contributed by atoms with Crippen molar-refractivity contribution in [2.24, 2.45) is 0 Å². The average molecular weight is 298 g/mol. The van der Waals surface area contributed by atoms with Crippen LogP contribution in [0.25, 0.3) is 10.9 Å². The molecule has 0 radical (unpaired) electrons. The Morgan fingerprint density at radius 1 is 0.864 bits per heavy atom. The van der Waals surface area contributed by atoms with Gasteiger partial charge in [-0.15, -0.1) is 0 Å². The Bertz CT molecular complexity index is 740. The number of hydrogen-bond acceptors (Lipinski definition) is 3. The van der Waals surface area contributed by atoms with Crippen LogP contribution in [0.1, 0.15) is 20.7 Å². The third kappa shape index (κ3) is 3.63. The molecule has 0 aliphatic carbocycles. The number of fused-ring (bicyclic) bond motifs is 1. The molecule has 5 N–H and O–H groups in total. The number of carboxylic acid groups (broad SMARTS) is 2. The van der Waals surface area contributed by atoms with Crippen molar-refractivity contribution in [3.05, 3.63) is 65.7 Å². The summed E-state index contributed by atoms with van der Waals surface area (Å²) in [4.78, 5) is 23.7. The van der Waals surface area contributed by atoms with Crippen LogP contribution in [0.5, 0.6) is 0 Å². The standard InChI is InChI=1S/C8H8N2.C8H6O4/c9-8-5-6-3-1-2-4-7(6)10-8;9-7(10)5-1-2-6(4-3-5)8(11)12/h1-5,10H,9H2;1-4H,(H,9,10)(H,11,12). The van der Waals surface area contributed by atoms with Crippen molar-refractivity contribution in [1.82, 2.24) is 4.98 Å². The highest BCUT2D eigenvalue weighted by atomic mass is 16.4. The molecule has 3 aromatic rings. The first-order chi connectivity index (χ1) is 10.5. The Kier molecular flexibility index (Phi) is 4.43. The molecule has 1 heterocycles. The van der Waals surface area contributed by atoms with Gasteiger partial charge in [0.25, 0.3) is 0 Å². The fourth-order valence-corrected chi connectivity index (χ4v) is 1.85. The SMILES string of the molecule is Nc1cc2ccccc2[nH]1.O=C(O)c1ccc(C(=O)O)cc1. The second-order valence-electron chi connectivity index (χ2n) is 4.50. The van der Waals surface area contributed by atoms with Crippen molar-refractivity contribution in [3.8, 4) is 0 Å². The molecule has 6 nitrogen and oxygen atoms in total. The lowest BCUT2D eigenvalue weighted by molar-refractivity contribution is 0.0681. The summed E-state index contributed by atoms with van der Waals surface area (Å²) in [6, 6.07) is 15.0. The predicted octanol–water partition coefficient (Wildman–Crippen LogP) is 2.83. The van der Waals surface area contributed by atoms with Crippen molar-refractivity contribution in [1.29, 1.82) is 0 Å². The van der Waals surface area contributed by atoms with Gasteiger partial charge < -0.3 is 20.9 Å². The normalized spacial score (nSPS) is 9.82. The number of aromatic nitrogens is 1. The molecule has 0 amide bonds. The van der Waals surface area contributed by atoms with E-state index in [1.807, 2.05) is 30.3 Å². The van der Waals surface area contributed by atoms with Crippen molar-refractivity contribution in [2.45, 2.75) is 0 Å². The topological polar surface area (TPSA) is 116 Å². The first-order valence-corrected chi connectivity index (χ1v) is 6.37. The number of hydrogen-bond donors (Lipinski definition) is 4. The number of H-pyrrole nitrogens is 1. The molecule has 22 heavy (non-hydrogen) atoms. The minimum absolute atomic E-state index is 0.0833. The van der Waals surface area contributed by atoms with Gasteiger partial charge in [-0.05, 0) is 36.4 Å². The summed E-state index contributed by atoms with van der Waals surface area (Å²) >= 11 is 0. The van der Waals surface area contributed by atoms with E-state index in [2.05, 4.69) is 4.98 Å². The van der Waals surface area contributed by atoms with E-state index in [1.54, 1.807) is 0 Å². The van der Waals surface area contributed by atoms with Crippen LogP contribution in [-0.4, -0.2) is 27.1 Å². The van der Waals surface area contributed by atoms with Crippen molar-refractivity contribution in [2.75, 3.05) is 5.73 Å². The van der Waals surface area contributed by atoms with Crippen LogP contribution in [0.4, 0.5) is 5.82 Å². The van der Waals surface area contributed by atoms with Gasteiger partial charge in [-0.3, -0.25) is 0 Å². The highest BCUT2D eigenvalue weighted by Gasteiger charge is 2.04. The molecule has 6 heteroatoms. The van der Waals surface area contributed by atoms with E-state index >= 15 is 0 Å². The van der Waals surface area contributed by atoms with Crippen molar-refractivity contribution < 1.29 is 19.8 Å². The molecule has 3 rings (SSSR count). The number of aromatic amines is 1. The Morgan fingerprint density at radius 3 is 1.82 bits per heavy atom. The van der Waals surface area contributed by atoms with Crippen LogP contribution < -0.4 is 5.73 Å². The molecule has 0 fully saturated rings. The van der Waals surface area contributed by atoms with Gasteiger partial charge in [0.1, 0.15) is 5.82 Å². The van der Waals surface area contributed by atoms with Crippen molar-refractivity contribution >= 4 is 28.7 Å². The Labute approximate surface area is 125 Å². The smallest absolute Gasteiger partial charge is 0.335 e. The lowest BCUT2D eigenvalue weighted by Gasteiger charge is -1.94. The molecule has 112 valence electrons. The van der Waals surface area contributed by atoms with Gasteiger partial charge in [-0.1, -0.05) is 18.2 Å². The number of benzene rings is 2. The largest absolute Gasteiger partial charge is 0.478 e. The zero-order valence-corrected chi connectivity index (χ0v) is 11.5. The fourth-order valence-electron chi connectivity index (χ4n) is 1.85. The summed E-state index contributed by atoms with van der Waals surface area (Å²) in [6.07, 6.45) is 0. The maximum atomic E-state index is 10.3. The first-order valence-electron chi connectivity index (χ1n) is 6.37. The minimum Gasteiger partial charge on any atom is -0.478 e. The number of nitrogens with two attached hydrogens (primary N) is 1. The van der Waals surface area contributed by atoms with Crippen LogP contribution in [0.15, 0.2) is 54.6 Å². The lowest BCUT2D eigenvalue weighted by atomic mass is 10.1. The molecule has 0 saturated carbocycles. The third-order valence-electron chi connectivity index (χ3n) is 2.93. The molecule has 0 atom stereocenters. The average Bonchev–Trinajstić information content (AvgIpc) is 2.88. The van der Waals surface area contributed by atoms with Crippen LogP contribution in [0, 0.1) is 0 Å². The Hall–Kier alpha value is -3.28. The van der Waals surface area contributed by atoms with E-state index in [-0.39, 0.29) is 11.1 Å². The number of carbonyl (C=O) groups is 2. The summed E-state index contributed by atoms with van der Waals surface area (Å²) in [5.74, 6) is -1.40. The molecular formula is C16H14N2O4. The van der Waals surface area contributed by atoms with E-state index in [0.29, 0.717) is 0 Å². The number of rotatable bonds is 2. The minimum atomic E-state index is -1.06. The fraction of sp³-hybridized carbons (Fsp3) is 0. The second-order valence-corrected chi connectivity index (χ2v) is 4.50. The van der Waals surface area contributed by atoms with Crippen LogP contribution >= 0.6 is 0 Å². The van der Waals surface area contributed by atoms with Crippen LogP contribution in [-0.2, 0) is 0 Å². The molecule has 0 saturated heterocycles. The molecule has 0 aliphatic rings. The molecule has 2 aromatic carbocycles. The second kappa shape index (κ2) is 6.45. The molecule has 0 aliphatic heterocycles. The summed E-state index contributed by atoms with van der Waals surface area (Å²) in [5.41, 5.74) is 6.80. The van der Waals surface area contributed by atoms with Gasteiger partial charge in [-0.25, -0.2) is 9.59 Å². The lowest BCUT2D eigenvalue weighted by Crippen LogP contribution is -1.99. The van der Waals surface area contributed by atoms with Gasteiger partial charge >= 0.3 is 11.9 Å².